The van der Waals surface area contributed by atoms with Crippen molar-refractivity contribution >= 4 is 33.0 Å². The summed E-state index contributed by atoms with van der Waals surface area (Å²) in [6.45, 7) is 3.80. The lowest BCUT2D eigenvalue weighted by molar-refractivity contribution is 0.0972. The molecular weight excluding hydrogens is 426 g/mol. The number of carbonyl (C=O) groups excluding carboxylic acids is 2. The minimum Gasteiger partial charge on any atom is -0.399 e. The maximum Gasteiger partial charge on any atom is 0.262 e. The third-order valence-corrected chi connectivity index (χ3v) is 6.38. The Kier molecular flexibility index (Phi) is 5.31. The van der Waals surface area contributed by atoms with E-state index in [0.717, 1.165) is 11.1 Å². The van der Waals surface area contributed by atoms with Gasteiger partial charge in [-0.15, -0.1) is 0 Å². The molecule has 4 N–H and O–H groups in total. The molecule has 0 heterocycles. The van der Waals surface area contributed by atoms with Crippen LogP contribution < -0.4 is 15.8 Å². The second-order valence-corrected chi connectivity index (χ2v) is 9.32. The quantitative estimate of drug-likeness (QED) is 0.515. The van der Waals surface area contributed by atoms with Crippen LogP contribution >= 0.6 is 0 Å². The molecule has 0 bridgehead atoms. The Bertz CT molecular complexity index is 1370. The largest absolute Gasteiger partial charge is 0.399 e. The fourth-order valence-corrected chi connectivity index (χ4v) is 4.74. The number of fused-ring (bicyclic) bond motifs is 1. The molecule has 7 nitrogen and oxygen atoms in total. The van der Waals surface area contributed by atoms with Gasteiger partial charge >= 0.3 is 0 Å². The van der Waals surface area contributed by atoms with E-state index in [0.29, 0.717) is 11.4 Å². The summed E-state index contributed by atoms with van der Waals surface area (Å²) in [4.78, 5) is 26.6. The Hall–Kier alpha value is -3.91. The van der Waals surface area contributed by atoms with Crippen molar-refractivity contribution in [2.24, 2.45) is 0 Å². The first-order chi connectivity index (χ1) is 15.2. The highest BCUT2D eigenvalue weighted by molar-refractivity contribution is 7.89. The predicted molar refractivity (Wildman–Crippen MR) is 123 cm³/mol. The lowest BCUT2D eigenvalue weighted by Crippen LogP contribution is -2.36. The second kappa shape index (κ2) is 7.97. The molecule has 0 aliphatic heterocycles. The number of anilines is 2. The van der Waals surface area contributed by atoms with Gasteiger partial charge in [-0.25, -0.2) is 8.42 Å². The molecule has 8 heteroatoms. The summed E-state index contributed by atoms with van der Waals surface area (Å²) < 4.78 is 28.3. The van der Waals surface area contributed by atoms with Gasteiger partial charge in [-0.05, 0) is 67.4 Å². The van der Waals surface area contributed by atoms with Crippen LogP contribution in [0.3, 0.4) is 0 Å². The van der Waals surface area contributed by atoms with Gasteiger partial charge in [-0.2, -0.15) is 0 Å². The maximum atomic E-state index is 13.4. The molecule has 0 saturated carbocycles. The number of nitrogen functional groups attached to an aromatic ring is 1. The SMILES string of the molecule is Cc1cc(C)cc(NC2=C(NS(=O)(=O)c3ccccc3)C(=O)c3ccc(N)cc3C2=O)c1. The average molecular weight is 448 g/mol. The third kappa shape index (κ3) is 4.00. The van der Waals surface area contributed by atoms with Gasteiger partial charge in [0, 0.05) is 22.5 Å². The van der Waals surface area contributed by atoms with Crippen LogP contribution in [0.25, 0.3) is 0 Å². The van der Waals surface area contributed by atoms with Crippen molar-refractivity contribution in [1.29, 1.82) is 0 Å². The Labute approximate surface area is 186 Å². The third-order valence-electron chi connectivity index (χ3n) is 5.02. The molecule has 162 valence electrons. The number of aryl methyl sites for hydroxylation is 2. The van der Waals surface area contributed by atoms with Gasteiger partial charge in [0.1, 0.15) is 11.4 Å². The van der Waals surface area contributed by atoms with E-state index in [1.54, 1.807) is 30.3 Å². The molecule has 0 saturated heterocycles. The summed E-state index contributed by atoms with van der Waals surface area (Å²) in [6, 6.07) is 17.5. The Morgan fingerprint density at radius 3 is 2.03 bits per heavy atom. The fraction of sp³-hybridized carbons (Fsp3) is 0.0833. The van der Waals surface area contributed by atoms with Gasteiger partial charge in [0.15, 0.2) is 0 Å². The monoisotopic (exact) mass is 447 g/mol. The van der Waals surface area contributed by atoms with E-state index in [9.17, 15) is 18.0 Å². The lowest BCUT2D eigenvalue weighted by atomic mass is 9.90. The second-order valence-electron chi connectivity index (χ2n) is 7.63. The first-order valence-corrected chi connectivity index (χ1v) is 11.3. The van der Waals surface area contributed by atoms with Crippen LogP contribution in [0.15, 0.2) is 83.0 Å². The molecule has 1 aliphatic carbocycles. The smallest absolute Gasteiger partial charge is 0.262 e. The predicted octanol–water partition coefficient (Wildman–Crippen LogP) is 3.57. The summed E-state index contributed by atoms with van der Waals surface area (Å²) in [5.41, 5.74) is 8.30. The van der Waals surface area contributed by atoms with E-state index >= 15 is 0 Å². The van der Waals surface area contributed by atoms with Gasteiger partial charge in [-0.3, -0.25) is 14.3 Å². The molecule has 0 aromatic heterocycles. The van der Waals surface area contributed by atoms with E-state index in [1.165, 1.54) is 30.3 Å². The van der Waals surface area contributed by atoms with Crippen LogP contribution in [0.1, 0.15) is 31.8 Å². The number of benzene rings is 3. The molecule has 4 rings (SSSR count). The molecule has 32 heavy (non-hydrogen) atoms. The Morgan fingerprint density at radius 1 is 0.750 bits per heavy atom. The van der Waals surface area contributed by atoms with Crippen LogP contribution in [0.5, 0.6) is 0 Å². The highest BCUT2D eigenvalue weighted by Gasteiger charge is 2.35. The molecule has 3 aromatic carbocycles. The summed E-state index contributed by atoms with van der Waals surface area (Å²) in [7, 11) is -4.11. The van der Waals surface area contributed by atoms with Crippen molar-refractivity contribution in [3.8, 4) is 0 Å². The number of nitrogens with one attached hydrogen (secondary N) is 2. The van der Waals surface area contributed by atoms with Crippen molar-refractivity contribution in [3.05, 3.63) is 100 Å². The number of rotatable bonds is 5. The molecule has 0 radical (unpaired) electrons. The normalized spacial score (nSPS) is 13.7. The van der Waals surface area contributed by atoms with Crippen molar-refractivity contribution < 1.29 is 18.0 Å². The van der Waals surface area contributed by atoms with Gasteiger partial charge in [0.05, 0.1) is 4.90 Å². The van der Waals surface area contributed by atoms with Gasteiger partial charge in [0.25, 0.3) is 10.0 Å². The van der Waals surface area contributed by atoms with Gasteiger partial charge in [-0.1, -0.05) is 24.3 Å². The molecule has 0 atom stereocenters. The van der Waals surface area contributed by atoms with E-state index in [-0.39, 0.29) is 27.4 Å². The first-order valence-electron chi connectivity index (χ1n) is 9.82. The maximum absolute atomic E-state index is 13.4. The highest BCUT2D eigenvalue weighted by atomic mass is 32.2. The lowest BCUT2D eigenvalue weighted by Gasteiger charge is -2.23. The number of hydrogen-bond acceptors (Lipinski definition) is 6. The molecule has 0 fully saturated rings. The summed E-state index contributed by atoms with van der Waals surface area (Å²) in [5.74, 6) is -1.15. The molecule has 1 aliphatic rings. The number of nitrogens with two attached hydrogens (primary N) is 1. The summed E-state index contributed by atoms with van der Waals surface area (Å²) in [6.07, 6.45) is 0. The van der Waals surface area contributed by atoms with Crippen molar-refractivity contribution in [3.63, 3.8) is 0 Å². The number of Topliss-reactive ketones (excluding diaryl/α,β-unsaturated/α-hetero) is 2. The zero-order chi connectivity index (χ0) is 23.0. The zero-order valence-electron chi connectivity index (χ0n) is 17.5. The van der Waals surface area contributed by atoms with Crippen LogP contribution in [-0.4, -0.2) is 20.0 Å². The minimum absolute atomic E-state index is 0.0263. The van der Waals surface area contributed by atoms with E-state index in [4.69, 9.17) is 5.73 Å². The van der Waals surface area contributed by atoms with Crippen LogP contribution in [0.2, 0.25) is 0 Å². The van der Waals surface area contributed by atoms with Crippen LogP contribution in [0, 0.1) is 13.8 Å². The topological polar surface area (TPSA) is 118 Å². The molecule has 0 amide bonds. The van der Waals surface area contributed by atoms with Crippen LogP contribution in [-0.2, 0) is 10.0 Å². The summed E-state index contributed by atoms with van der Waals surface area (Å²) in [5, 5.41) is 2.97. The average Bonchev–Trinajstić information content (AvgIpc) is 2.74. The number of carbonyl (C=O) groups is 2. The Morgan fingerprint density at radius 2 is 1.38 bits per heavy atom. The van der Waals surface area contributed by atoms with E-state index < -0.39 is 21.6 Å². The number of allylic oxidation sites excluding steroid dienone is 2. The fourth-order valence-electron chi connectivity index (χ4n) is 3.64. The zero-order valence-corrected chi connectivity index (χ0v) is 18.3. The summed E-state index contributed by atoms with van der Waals surface area (Å²) >= 11 is 0. The van der Waals surface area contributed by atoms with Crippen molar-refractivity contribution in [2.45, 2.75) is 18.7 Å². The van der Waals surface area contributed by atoms with Gasteiger partial charge < -0.3 is 11.1 Å². The van der Waals surface area contributed by atoms with Gasteiger partial charge in [0.2, 0.25) is 11.6 Å². The van der Waals surface area contributed by atoms with Crippen molar-refractivity contribution in [2.75, 3.05) is 11.1 Å². The van der Waals surface area contributed by atoms with E-state index in [1.807, 2.05) is 19.9 Å². The molecule has 0 spiro atoms. The van der Waals surface area contributed by atoms with E-state index in [2.05, 4.69) is 10.0 Å². The minimum atomic E-state index is -4.11. The number of sulfonamides is 1. The first kappa shape index (κ1) is 21.3. The highest BCUT2D eigenvalue weighted by Crippen LogP contribution is 2.29. The number of hydrogen-bond donors (Lipinski definition) is 3. The molecular formula is C24H21N3O4S. The van der Waals surface area contributed by atoms with Crippen LogP contribution in [0.4, 0.5) is 11.4 Å². The molecule has 3 aromatic rings. The molecule has 0 unspecified atom stereocenters. The standard InChI is InChI=1S/C24H21N3O4S/c1-14-10-15(2)12-17(11-14)26-21-22(27-32(30,31)18-6-4-3-5-7-18)23(28)19-9-8-16(25)13-20(19)24(21)29/h3-13,26-27H,25H2,1-2H3. The van der Waals surface area contributed by atoms with Crippen molar-refractivity contribution in [1.82, 2.24) is 4.72 Å². The Balaban J connectivity index is 1.87. The number of ketones is 2.